The second-order valence-corrected chi connectivity index (χ2v) is 3.92. The quantitative estimate of drug-likeness (QED) is 0.627. The molecular formula is C10H21N. The van der Waals surface area contributed by atoms with Crippen LogP contribution in [0.5, 0.6) is 0 Å². The minimum Gasteiger partial charge on any atom is -0.328 e. The second kappa shape index (κ2) is 4.76. The molecule has 0 aromatic rings. The molecule has 1 atom stereocenters. The van der Waals surface area contributed by atoms with Crippen LogP contribution in [0.2, 0.25) is 0 Å². The minimum absolute atomic E-state index is 0.496. The maximum absolute atomic E-state index is 5.94. The first kappa shape index (κ1) is 9.05. The summed E-state index contributed by atoms with van der Waals surface area (Å²) in [6.45, 7) is 2.23. The van der Waals surface area contributed by atoms with Gasteiger partial charge in [0.1, 0.15) is 0 Å². The zero-order valence-electron chi connectivity index (χ0n) is 7.68. The van der Waals surface area contributed by atoms with E-state index in [2.05, 4.69) is 6.92 Å². The van der Waals surface area contributed by atoms with Gasteiger partial charge < -0.3 is 5.73 Å². The molecule has 1 saturated carbocycles. The van der Waals surface area contributed by atoms with Crippen molar-refractivity contribution in [1.29, 1.82) is 0 Å². The second-order valence-electron chi connectivity index (χ2n) is 3.92. The first-order chi connectivity index (χ1) is 5.33. The Balaban J connectivity index is 1.87. The molecule has 0 radical (unpaired) electrons. The summed E-state index contributed by atoms with van der Waals surface area (Å²) in [6, 6.07) is 0.496. The Labute approximate surface area is 70.4 Å². The molecule has 0 heterocycles. The van der Waals surface area contributed by atoms with Gasteiger partial charge in [0.05, 0.1) is 0 Å². The predicted molar refractivity (Wildman–Crippen MR) is 49.5 cm³/mol. The average molecular weight is 155 g/mol. The molecule has 0 aliphatic heterocycles. The van der Waals surface area contributed by atoms with Crippen molar-refractivity contribution >= 4 is 0 Å². The average Bonchev–Trinajstić information content (AvgIpc) is 2.80. The van der Waals surface area contributed by atoms with Gasteiger partial charge in [0.2, 0.25) is 0 Å². The molecule has 0 bridgehead atoms. The SMILES string of the molecule is CCCCC(N)CCC1CC1. The van der Waals surface area contributed by atoms with E-state index in [0.29, 0.717) is 6.04 Å². The summed E-state index contributed by atoms with van der Waals surface area (Å²) >= 11 is 0. The highest BCUT2D eigenvalue weighted by atomic mass is 14.6. The maximum atomic E-state index is 5.94. The van der Waals surface area contributed by atoms with Crippen LogP contribution in [0.3, 0.4) is 0 Å². The van der Waals surface area contributed by atoms with E-state index < -0.39 is 0 Å². The van der Waals surface area contributed by atoms with Gasteiger partial charge in [0.25, 0.3) is 0 Å². The Bertz CT molecular complexity index is 97.0. The smallest absolute Gasteiger partial charge is 0.00389 e. The van der Waals surface area contributed by atoms with E-state index in [1.807, 2.05) is 0 Å². The van der Waals surface area contributed by atoms with Crippen molar-refractivity contribution in [1.82, 2.24) is 0 Å². The molecule has 0 aromatic heterocycles. The summed E-state index contributed by atoms with van der Waals surface area (Å²) in [5.74, 6) is 1.06. The molecule has 1 nitrogen and oxygen atoms in total. The molecule has 1 heteroatoms. The van der Waals surface area contributed by atoms with Crippen molar-refractivity contribution in [2.45, 2.75) is 57.9 Å². The lowest BCUT2D eigenvalue weighted by Crippen LogP contribution is -2.19. The summed E-state index contributed by atoms with van der Waals surface area (Å²) in [6.07, 6.45) is 9.45. The summed E-state index contributed by atoms with van der Waals surface area (Å²) in [5.41, 5.74) is 5.94. The molecule has 0 saturated heterocycles. The standard InChI is InChI=1S/C10H21N/c1-2-3-4-10(11)8-7-9-5-6-9/h9-10H,2-8,11H2,1H3. The zero-order chi connectivity index (χ0) is 8.10. The summed E-state index contributed by atoms with van der Waals surface area (Å²) < 4.78 is 0. The minimum atomic E-state index is 0.496. The third-order valence-electron chi connectivity index (χ3n) is 2.57. The van der Waals surface area contributed by atoms with Gasteiger partial charge in [-0.1, -0.05) is 32.6 Å². The van der Waals surface area contributed by atoms with Gasteiger partial charge in [-0.15, -0.1) is 0 Å². The lowest BCUT2D eigenvalue weighted by atomic mass is 10.0. The van der Waals surface area contributed by atoms with E-state index in [4.69, 9.17) is 5.73 Å². The normalized spacial score (nSPS) is 20.2. The van der Waals surface area contributed by atoms with Crippen molar-refractivity contribution in [2.24, 2.45) is 11.7 Å². The van der Waals surface area contributed by atoms with Gasteiger partial charge in [-0.05, 0) is 25.2 Å². The highest BCUT2D eigenvalue weighted by molar-refractivity contribution is 4.75. The third kappa shape index (κ3) is 4.41. The number of hydrogen-bond acceptors (Lipinski definition) is 1. The molecule has 1 unspecified atom stereocenters. The molecule has 11 heavy (non-hydrogen) atoms. The molecule has 0 aromatic carbocycles. The molecule has 1 aliphatic carbocycles. The Morgan fingerprint density at radius 3 is 2.64 bits per heavy atom. The van der Waals surface area contributed by atoms with Crippen molar-refractivity contribution in [3.63, 3.8) is 0 Å². The monoisotopic (exact) mass is 155 g/mol. The Hall–Kier alpha value is -0.0400. The first-order valence-corrected chi connectivity index (χ1v) is 5.08. The van der Waals surface area contributed by atoms with Gasteiger partial charge in [-0.2, -0.15) is 0 Å². The van der Waals surface area contributed by atoms with Crippen LogP contribution in [0, 0.1) is 5.92 Å². The molecule has 2 N–H and O–H groups in total. The van der Waals surface area contributed by atoms with Crippen molar-refractivity contribution in [2.75, 3.05) is 0 Å². The van der Waals surface area contributed by atoms with E-state index >= 15 is 0 Å². The van der Waals surface area contributed by atoms with E-state index in [9.17, 15) is 0 Å². The molecule has 1 aliphatic rings. The fraction of sp³-hybridized carbons (Fsp3) is 1.00. The fourth-order valence-electron chi connectivity index (χ4n) is 1.47. The van der Waals surface area contributed by atoms with Gasteiger partial charge in [0, 0.05) is 6.04 Å². The molecule has 0 spiro atoms. The van der Waals surface area contributed by atoms with Crippen LogP contribution in [0.1, 0.15) is 51.9 Å². The van der Waals surface area contributed by atoms with Gasteiger partial charge >= 0.3 is 0 Å². The van der Waals surface area contributed by atoms with Crippen LogP contribution in [-0.2, 0) is 0 Å². The van der Waals surface area contributed by atoms with Crippen molar-refractivity contribution < 1.29 is 0 Å². The van der Waals surface area contributed by atoms with Crippen LogP contribution < -0.4 is 5.73 Å². The summed E-state index contributed by atoms with van der Waals surface area (Å²) in [7, 11) is 0. The lowest BCUT2D eigenvalue weighted by Gasteiger charge is -2.09. The zero-order valence-corrected chi connectivity index (χ0v) is 7.68. The summed E-state index contributed by atoms with van der Waals surface area (Å²) in [5, 5.41) is 0. The van der Waals surface area contributed by atoms with E-state index in [0.717, 1.165) is 5.92 Å². The number of unbranched alkanes of at least 4 members (excludes halogenated alkanes) is 1. The van der Waals surface area contributed by atoms with E-state index in [-0.39, 0.29) is 0 Å². The molecule has 0 amide bonds. The summed E-state index contributed by atoms with van der Waals surface area (Å²) in [4.78, 5) is 0. The third-order valence-corrected chi connectivity index (χ3v) is 2.57. The number of nitrogens with two attached hydrogens (primary N) is 1. The highest BCUT2D eigenvalue weighted by Gasteiger charge is 2.21. The maximum Gasteiger partial charge on any atom is 0.00389 e. The molecule has 1 rings (SSSR count). The van der Waals surface area contributed by atoms with E-state index in [1.165, 1.54) is 44.9 Å². The van der Waals surface area contributed by atoms with Gasteiger partial charge in [-0.25, -0.2) is 0 Å². The van der Waals surface area contributed by atoms with Crippen molar-refractivity contribution in [3.05, 3.63) is 0 Å². The first-order valence-electron chi connectivity index (χ1n) is 5.08. The van der Waals surface area contributed by atoms with Crippen molar-refractivity contribution in [3.8, 4) is 0 Å². The fourth-order valence-corrected chi connectivity index (χ4v) is 1.47. The Morgan fingerprint density at radius 1 is 1.36 bits per heavy atom. The Kier molecular flexibility index (Phi) is 3.92. The van der Waals surface area contributed by atoms with Crippen LogP contribution in [0.15, 0.2) is 0 Å². The molecule has 66 valence electrons. The van der Waals surface area contributed by atoms with Crippen LogP contribution in [0.25, 0.3) is 0 Å². The van der Waals surface area contributed by atoms with Crippen LogP contribution in [0.4, 0.5) is 0 Å². The molecule has 1 fully saturated rings. The predicted octanol–water partition coefficient (Wildman–Crippen LogP) is 2.69. The van der Waals surface area contributed by atoms with Crippen LogP contribution in [-0.4, -0.2) is 6.04 Å². The highest BCUT2D eigenvalue weighted by Crippen LogP contribution is 2.33. The van der Waals surface area contributed by atoms with Gasteiger partial charge in [-0.3, -0.25) is 0 Å². The Morgan fingerprint density at radius 2 is 2.09 bits per heavy atom. The lowest BCUT2D eigenvalue weighted by molar-refractivity contribution is 0.506. The molecular weight excluding hydrogens is 134 g/mol. The number of rotatable bonds is 6. The van der Waals surface area contributed by atoms with E-state index in [1.54, 1.807) is 0 Å². The number of hydrogen-bond donors (Lipinski definition) is 1. The van der Waals surface area contributed by atoms with Gasteiger partial charge in [0.15, 0.2) is 0 Å². The van der Waals surface area contributed by atoms with Crippen LogP contribution >= 0.6 is 0 Å². The topological polar surface area (TPSA) is 26.0 Å². The largest absolute Gasteiger partial charge is 0.328 e.